The number of aryl methyl sites for hydroxylation is 1. The predicted octanol–water partition coefficient (Wildman–Crippen LogP) is 4.40. The number of anilines is 2. The van der Waals surface area contributed by atoms with Gasteiger partial charge in [-0.3, -0.25) is 14.3 Å². The van der Waals surface area contributed by atoms with E-state index in [1.807, 2.05) is 36.9 Å². The summed E-state index contributed by atoms with van der Waals surface area (Å²) < 4.78 is 39.9. The van der Waals surface area contributed by atoms with Crippen LogP contribution in [0.5, 0.6) is 0 Å². The van der Waals surface area contributed by atoms with E-state index in [4.69, 9.17) is 0 Å². The van der Waals surface area contributed by atoms with E-state index < -0.39 is 18.7 Å². The van der Waals surface area contributed by atoms with Gasteiger partial charge in [0.05, 0.1) is 12.1 Å². The summed E-state index contributed by atoms with van der Waals surface area (Å²) in [7, 11) is 1.67. The fraction of sp³-hybridized carbons (Fsp3) is 0.385. The van der Waals surface area contributed by atoms with Crippen LogP contribution in [0.2, 0.25) is 0 Å². The number of carboxylic acids is 1. The second kappa shape index (κ2) is 9.85. The summed E-state index contributed by atoms with van der Waals surface area (Å²) in [4.78, 5) is 28.3. The van der Waals surface area contributed by atoms with Gasteiger partial charge in [-0.15, -0.1) is 0 Å². The summed E-state index contributed by atoms with van der Waals surface area (Å²) in [5.41, 5.74) is 2.15. The Morgan fingerprint density at radius 2 is 1.75 bits per heavy atom. The van der Waals surface area contributed by atoms with Gasteiger partial charge >= 0.3 is 12.1 Å². The van der Waals surface area contributed by atoms with E-state index in [2.05, 4.69) is 5.32 Å². The van der Waals surface area contributed by atoms with Crippen molar-refractivity contribution in [2.24, 2.45) is 7.05 Å². The lowest BCUT2D eigenvalue weighted by Gasteiger charge is -2.37. The smallest absolute Gasteiger partial charge is 0.401 e. The number of nitrogens with zero attached hydrogens (tertiary/aromatic N) is 3. The lowest BCUT2D eigenvalue weighted by atomic mass is 9.97. The number of alkyl halides is 3. The monoisotopic (exact) mass is 502 g/mol. The number of aromatic nitrogens is 1. The first-order valence-electron chi connectivity index (χ1n) is 11.7. The summed E-state index contributed by atoms with van der Waals surface area (Å²) in [5, 5.41) is 14.1. The van der Waals surface area contributed by atoms with Gasteiger partial charge in [-0.25, -0.2) is 4.79 Å². The third kappa shape index (κ3) is 5.33. The summed E-state index contributed by atoms with van der Waals surface area (Å²) in [6, 6.07) is 12.0. The number of benzene rings is 2. The van der Waals surface area contributed by atoms with Gasteiger partial charge in [0.2, 0.25) is 0 Å². The van der Waals surface area contributed by atoms with Crippen LogP contribution < -0.4 is 15.8 Å². The van der Waals surface area contributed by atoms with Gasteiger partial charge in [0.1, 0.15) is 5.82 Å². The number of hydrogen-bond donors (Lipinski definition) is 2. The van der Waals surface area contributed by atoms with Gasteiger partial charge in [-0.1, -0.05) is 18.2 Å². The molecule has 1 fully saturated rings. The van der Waals surface area contributed by atoms with Crippen molar-refractivity contribution in [2.45, 2.75) is 26.1 Å². The highest BCUT2D eigenvalue weighted by atomic mass is 19.4. The maximum absolute atomic E-state index is 13.4. The van der Waals surface area contributed by atoms with Gasteiger partial charge < -0.3 is 15.3 Å². The number of pyridine rings is 1. The first kappa shape index (κ1) is 25.6. The average molecular weight is 503 g/mol. The number of nitrogens with one attached hydrogen (secondary N) is 1. The fourth-order valence-electron chi connectivity index (χ4n) is 4.83. The largest absolute Gasteiger partial charge is 0.478 e. The van der Waals surface area contributed by atoms with E-state index in [9.17, 15) is 27.9 Å². The number of halogens is 3. The first-order chi connectivity index (χ1) is 16.9. The van der Waals surface area contributed by atoms with Crippen LogP contribution in [-0.4, -0.2) is 59.4 Å². The van der Waals surface area contributed by atoms with Crippen molar-refractivity contribution in [1.82, 2.24) is 9.47 Å². The molecule has 0 unspecified atom stereocenters. The molecule has 1 aromatic heterocycles. The Labute approximate surface area is 206 Å². The van der Waals surface area contributed by atoms with Crippen molar-refractivity contribution in [1.29, 1.82) is 0 Å². The summed E-state index contributed by atoms with van der Waals surface area (Å²) in [5.74, 6) is -0.400. The lowest BCUT2D eigenvalue weighted by Crippen LogP contribution is -2.50. The van der Waals surface area contributed by atoms with Crippen molar-refractivity contribution in [3.8, 4) is 0 Å². The molecule has 10 heteroatoms. The van der Waals surface area contributed by atoms with Crippen LogP contribution in [0, 0.1) is 6.92 Å². The number of piperazine rings is 1. The number of fused-ring (bicyclic) bond motifs is 1. The molecule has 2 aromatic carbocycles. The van der Waals surface area contributed by atoms with E-state index >= 15 is 0 Å². The molecular weight excluding hydrogens is 473 g/mol. The number of carboxylic acid groups (broad SMARTS) is 1. The second-order valence-electron chi connectivity index (χ2n) is 9.28. The van der Waals surface area contributed by atoms with E-state index in [0.29, 0.717) is 30.0 Å². The van der Waals surface area contributed by atoms with E-state index in [-0.39, 0.29) is 30.3 Å². The predicted molar refractivity (Wildman–Crippen MR) is 134 cm³/mol. The van der Waals surface area contributed by atoms with Crippen LogP contribution in [0.4, 0.5) is 24.7 Å². The second-order valence-corrected chi connectivity index (χ2v) is 9.28. The van der Waals surface area contributed by atoms with Crippen molar-refractivity contribution < 1.29 is 23.1 Å². The minimum atomic E-state index is -4.24. The van der Waals surface area contributed by atoms with Crippen molar-refractivity contribution in [3.05, 3.63) is 69.5 Å². The molecule has 1 saturated heterocycles. The third-order valence-electron chi connectivity index (χ3n) is 6.60. The van der Waals surface area contributed by atoms with Gasteiger partial charge in [0.25, 0.3) is 5.56 Å². The number of aromatic carboxylic acids is 1. The van der Waals surface area contributed by atoms with E-state index in [0.717, 1.165) is 16.5 Å². The average Bonchev–Trinajstić information content (AvgIpc) is 2.81. The molecule has 0 spiro atoms. The van der Waals surface area contributed by atoms with E-state index in [1.165, 1.54) is 11.0 Å². The molecule has 2 N–H and O–H groups in total. The molecule has 0 bridgehead atoms. The fourth-order valence-corrected chi connectivity index (χ4v) is 4.83. The normalized spacial score (nSPS) is 15.8. The summed E-state index contributed by atoms with van der Waals surface area (Å²) in [6.45, 7) is 4.09. The number of rotatable bonds is 6. The molecule has 0 radical (unpaired) electrons. The first-order valence-corrected chi connectivity index (χ1v) is 11.7. The molecular formula is C26H29F3N4O3. The molecule has 7 nitrogen and oxygen atoms in total. The standard InChI is InChI=1S/C26H29F3N4O3/c1-16-12-19(17(2)30-22-7-5-4-6-18(22)25(35)36)20-14-23(31(3)24(34)21(20)13-16)33-10-8-32(9-11-33)15-26(27,28)29/h4-7,12-14,17,30H,8-11,15H2,1-3H3,(H,35,36)/t17-/m1/s1. The van der Waals surface area contributed by atoms with Gasteiger partial charge in [0, 0.05) is 50.3 Å². The summed E-state index contributed by atoms with van der Waals surface area (Å²) in [6.07, 6.45) is -4.24. The minimum absolute atomic E-state index is 0.148. The zero-order chi connectivity index (χ0) is 26.2. The third-order valence-corrected chi connectivity index (χ3v) is 6.60. The molecule has 4 rings (SSSR count). The van der Waals surface area contributed by atoms with Crippen LogP contribution in [-0.2, 0) is 7.05 Å². The van der Waals surface area contributed by atoms with Crippen LogP contribution >= 0.6 is 0 Å². The molecule has 36 heavy (non-hydrogen) atoms. The number of para-hydroxylation sites is 1. The maximum atomic E-state index is 13.4. The highest BCUT2D eigenvalue weighted by Crippen LogP contribution is 2.31. The zero-order valence-electron chi connectivity index (χ0n) is 20.4. The van der Waals surface area contributed by atoms with Crippen molar-refractivity contribution in [2.75, 3.05) is 42.9 Å². The van der Waals surface area contributed by atoms with Gasteiger partial charge in [-0.2, -0.15) is 13.2 Å². The van der Waals surface area contributed by atoms with Crippen molar-refractivity contribution in [3.63, 3.8) is 0 Å². The van der Waals surface area contributed by atoms with Crippen LogP contribution in [0.1, 0.15) is 34.5 Å². The SMILES string of the molecule is Cc1cc([C@@H](C)Nc2ccccc2C(=O)O)c2cc(N3CCN(CC(F)(F)F)CC3)n(C)c(=O)c2c1. The molecule has 192 valence electrons. The highest BCUT2D eigenvalue weighted by molar-refractivity contribution is 5.94. The lowest BCUT2D eigenvalue weighted by molar-refractivity contribution is -0.146. The number of carbonyl (C=O) groups is 1. The minimum Gasteiger partial charge on any atom is -0.478 e. The van der Waals surface area contributed by atoms with E-state index in [1.54, 1.807) is 29.8 Å². The Balaban J connectivity index is 1.70. The zero-order valence-corrected chi connectivity index (χ0v) is 20.4. The molecule has 1 atom stereocenters. The molecule has 2 heterocycles. The topological polar surface area (TPSA) is 77.8 Å². The summed E-state index contributed by atoms with van der Waals surface area (Å²) >= 11 is 0. The van der Waals surface area contributed by atoms with Gasteiger partial charge in [-0.05, 0) is 54.6 Å². The highest BCUT2D eigenvalue weighted by Gasteiger charge is 2.32. The van der Waals surface area contributed by atoms with Crippen LogP contribution in [0.3, 0.4) is 0 Å². The number of hydrogen-bond acceptors (Lipinski definition) is 5. The Bertz CT molecular complexity index is 1340. The maximum Gasteiger partial charge on any atom is 0.401 e. The Morgan fingerprint density at radius 3 is 2.39 bits per heavy atom. The van der Waals surface area contributed by atoms with Crippen molar-refractivity contribution >= 4 is 28.2 Å². The van der Waals surface area contributed by atoms with Crippen LogP contribution in [0.15, 0.2) is 47.3 Å². The molecule has 3 aromatic rings. The Hall–Kier alpha value is -3.53. The quantitative estimate of drug-likeness (QED) is 0.520. The van der Waals surface area contributed by atoms with Gasteiger partial charge in [0.15, 0.2) is 0 Å². The Kier molecular flexibility index (Phi) is 6.99. The van der Waals surface area contributed by atoms with Crippen LogP contribution in [0.25, 0.3) is 10.8 Å². The molecule has 0 amide bonds. The molecule has 1 aliphatic rings. The molecule has 1 aliphatic heterocycles. The molecule has 0 saturated carbocycles. The molecule has 0 aliphatic carbocycles. The Morgan fingerprint density at radius 1 is 1.08 bits per heavy atom.